The number of anilines is 1. The monoisotopic (exact) mass is 402 g/mol. The molecule has 1 saturated carbocycles. The first kappa shape index (κ1) is 18.7. The normalized spacial score (nSPS) is 17.6. The topological polar surface area (TPSA) is 59.4 Å². The lowest BCUT2D eigenvalue weighted by Gasteiger charge is -2.11. The summed E-state index contributed by atoms with van der Waals surface area (Å²) >= 11 is 0. The number of rotatable bonds is 5. The van der Waals surface area contributed by atoms with Crippen molar-refractivity contribution in [1.29, 1.82) is 0 Å². The second kappa shape index (κ2) is 7.52. The molecule has 0 saturated heterocycles. The summed E-state index contributed by atoms with van der Waals surface area (Å²) in [5.41, 5.74) is 4.77. The van der Waals surface area contributed by atoms with Crippen molar-refractivity contribution in [2.75, 3.05) is 11.9 Å². The lowest BCUT2D eigenvalue weighted by molar-refractivity contribution is 0.409. The van der Waals surface area contributed by atoms with Crippen molar-refractivity contribution in [3.63, 3.8) is 0 Å². The zero-order valence-electron chi connectivity index (χ0n) is 17.1. The van der Waals surface area contributed by atoms with Gasteiger partial charge < -0.3 is 10.1 Å². The lowest BCUT2D eigenvalue weighted by Crippen LogP contribution is -2.10. The minimum Gasteiger partial charge on any atom is -0.421 e. The minimum absolute atomic E-state index is 0.145. The Morgan fingerprint density at radius 3 is 2.87 bits per heavy atom. The summed E-state index contributed by atoms with van der Waals surface area (Å²) in [6.45, 7) is 4.63. The molecule has 30 heavy (non-hydrogen) atoms. The number of hydrogen-bond donors (Lipinski definition) is 1. The van der Waals surface area contributed by atoms with Gasteiger partial charge in [-0.3, -0.25) is 4.99 Å². The number of allylic oxidation sites excluding steroid dienone is 2. The van der Waals surface area contributed by atoms with Crippen LogP contribution in [0, 0.1) is 5.82 Å². The summed E-state index contributed by atoms with van der Waals surface area (Å²) in [5.74, 6) is 1.55. The van der Waals surface area contributed by atoms with Gasteiger partial charge in [0.15, 0.2) is 11.6 Å². The van der Waals surface area contributed by atoms with Gasteiger partial charge in [-0.1, -0.05) is 29.9 Å². The van der Waals surface area contributed by atoms with E-state index in [1.807, 2.05) is 50.3 Å². The van der Waals surface area contributed by atoms with Crippen molar-refractivity contribution in [2.45, 2.75) is 39.0 Å². The fourth-order valence-corrected chi connectivity index (χ4v) is 3.80. The number of halogens is 1. The number of nitrogens with zero attached hydrogens (tertiary/aromatic N) is 3. The van der Waals surface area contributed by atoms with Crippen LogP contribution in [-0.2, 0) is 6.42 Å². The lowest BCUT2D eigenvalue weighted by atomic mass is 10.1. The molecule has 152 valence electrons. The number of aliphatic imine (C=N–C) groups is 1. The number of benzene rings is 1. The maximum absolute atomic E-state index is 15.0. The summed E-state index contributed by atoms with van der Waals surface area (Å²) in [6, 6.07) is 5.65. The number of ether oxygens (including phenoxy) is 1. The van der Waals surface area contributed by atoms with Gasteiger partial charge in [0.1, 0.15) is 11.7 Å². The zero-order chi connectivity index (χ0) is 20.7. The molecule has 0 atom stereocenters. The Hall–Kier alpha value is -3.28. The van der Waals surface area contributed by atoms with Crippen molar-refractivity contribution in [3.8, 4) is 11.8 Å². The van der Waals surface area contributed by atoms with Crippen LogP contribution < -0.4 is 10.1 Å². The Morgan fingerprint density at radius 2 is 2.07 bits per heavy atom. The Labute approximate surface area is 175 Å². The molecule has 5 rings (SSSR count). The van der Waals surface area contributed by atoms with Crippen LogP contribution in [0.25, 0.3) is 6.08 Å². The molecular weight excluding hydrogens is 379 g/mol. The van der Waals surface area contributed by atoms with Gasteiger partial charge in [0.2, 0.25) is 0 Å². The maximum atomic E-state index is 15.0. The first-order valence-electron chi connectivity index (χ1n) is 10.3. The van der Waals surface area contributed by atoms with Crippen molar-refractivity contribution in [1.82, 2.24) is 9.97 Å². The number of nitrogens with one attached hydrogen (secondary N) is 1. The molecule has 1 aromatic carbocycles. The highest BCUT2D eigenvalue weighted by Gasteiger charge is 2.27. The van der Waals surface area contributed by atoms with Crippen LogP contribution in [0.3, 0.4) is 0 Å². The van der Waals surface area contributed by atoms with Gasteiger partial charge in [-0.05, 0) is 56.4 Å². The molecule has 2 aliphatic carbocycles. The molecule has 1 aliphatic heterocycles. The summed E-state index contributed by atoms with van der Waals surface area (Å²) in [5, 5.41) is 3.25. The average molecular weight is 402 g/mol. The molecule has 0 spiro atoms. The third kappa shape index (κ3) is 3.77. The Balaban J connectivity index is 1.43. The van der Waals surface area contributed by atoms with Crippen LogP contribution in [-0.4, -0.2) is 22.3 Å². The molecule has 2 heterocycles. The summed E-state index contributed by atoms with van der Waals surface area (Å²) in [4.78, 5) is 13.5. The Kier molecular flexibility index (Phi) is 4.69. The maximum Gasteiger partial charge on any atom is 0.324 e. The molecule has 1 N–H and O–H groups in total. The van der Waals surface area contributed by atoms with E-state index >= 15 is 0 Å². The van der Waals surface area contributed by atoms with E-state index in [1.165, 1.54) is 0 Å². The molecule has 0 bridgehead atoms. The fourth-order valence-electron chi connectivity index (χ4n) is 3.80. The van der Waals surface area contributed by atoms with E-state index in [1.54, 1.807) is 6.07 Å². The van der Waals surface area contributed by atoms with Crippen molar-refractivity contribution in [2.24, 2.45) is 4.99 Å². The highest BCUT2D eigenvalue weighted by molar-refractivity contribution is 6.05. The van der Waals surface area contributed by atoms with Gasteiger partial charge in [-0.15, -0.1) is 0 Å². The Morgan fingerprint density at radius 1 is 1.20 bits per heavy atom. The van der Waals surface area contributed by atoms with Gasteiger partial charge in [0, 0.05) is 17.5 Å². The first-order chi connectivity index (χ1) is 14.6. The van der Waals surface area contributed by atoms with Gasteiger partial charge in [-0.25, -0.2) is 4.39 Å². The van der Waals surface area contributed by atoms with Crippen molar-refractivity contribution in [3.05, 3.63) is 70.2 Å². The van der Waals surface area contributed by atoms with Crippen LogP contribution in [0.2, 0.25) is 0 Å². The molecule has 3 aliphatic rings. The summed E-state index contributed by atoms with van der Waals surface area (Å²) in [7, 11) is 0. The van der Waals surface area contributed by atoms with E-state index in [-0.39, 0.29) is 17.6 Å². The largest absolute Gasteiger partial charge is 0.421 e. The van der Waals surface area contributed by atoms with E-state index in [0.29, 0.717) is 23.8 Å². The van der Waals surface area contributed by atoms with Gasteiger partial charge in [0.05, 0.1) is 12.2 Å². The van der Waals surface area contributed by atoms with Crippen molar-refractivity contribution >= 4 is 17.7 Å². The third-order valence-corrected chi connectivity index (χ3v) is 5.41. The first-order valence-corrected chi connectivity index (χ1v) is 10.3. The highest BCUT2D eigenvalue weighted by atomic mass is 19.1. The molecule has 0 unspecified atom stereocenters. The minimum atomic E-state index is -0.363. The second-order valence-electron chi connectivity index (χ2n) is 8.00. The SMILES string of the molecule is C/C=C/C1=CC(Nc2cc(C3CC3)nc(Oc3ccc4c(c3F)C=C(C)C4)n2)=NC1. The smallest absolute Gasteiger partial charge is 0.324 e. The zero-order valence-corrected chi connectivity index (χ0v) is 17.1. The van der Waals surface area contributed by atoms with Gasteiger partial charge >= 0.3 is 6.01 Å². The van der Waals surface area contributed by atoms with Crippen LogP contribution >= 0.6 is 0 Å². The van der Waals surface area contributed by atoms with E-state index < -0.39 is 0 Å². The van der Waals surface area contributed by atoms with E-state index in [0.717, 1.165) is 47.5 Å². The van der Waals surface area contributed by atoms with Crippen LogP contribution in [0.15, 0.2) is 52.6 Å². The fraction of sp³-hybridized carbons (Fsp3) is 0.292. The second-order valence-corrected chi connectivity index (χ2v) is 8.00. The van der Waals surface area contributed by atoms with Gasteiger partial charge in [0.25, 0.3) is 0 Å². The average Bonchev–Trinajstić information content (AvgIpc) is 3.37. The molecule has 0 amide bonds. The standard InChI is InChI=1S/C24H23FN4O/c1-3-4-15-11-21(26-13-15)28-22-12-19(16-5-6-16)27-24(29-22)30-20-8-7-17-9-14(2)10-18(17)23(20)25/h3-4,7-8,10-12,16H,5-6,9,13H2,1-2H3,(H,26,27,28,29)/b4-3+. The molecule has 1 aromatic heterocycles. The number of amidine groups is 1. The highest BCUT2D eigenvalue weighted by Crippen LogP contribution is 2.41. The molecule has 6 heteroatoms. The number of fused-ring (bicyclic) bond motifs is 1. The van der Waals surface area contributed by atoms with Crippen LogP contribution in [0.1, 0.15) is 49.4 Å². The molecular formula is C24H23FN4O. The quantitative estimate of drug-likeness (QED) is 0.710. The summed E-state index contributed by atoms with van der Waals surface area (Å²) in [6.07, 6.45) is 10.9. The molecule has 2 aromatic rings. The predicted molar refractivity (Wildman–Crippen MR) is 117 cm³/mol. The van der Waals surface area contributed by atoms with E-state index in [9.17, 15) is 4.39 Å². The van der Waals surface area contributed by atoms with Crippen molar-refractivity contribution < 1.29 is 9.13 Å². The predicted octanol–water partition coefficient (Wildman–Crippen LogP) is 5.57. The van der Waals surface area contributed by atoms with Crippen LogP contribution in [0.4, 0.5) is 10.2 Å². The van der Waals surface area contributed by atoms with E-state index in [4.69, 9.17) is 4.74 Å². The molecule has 5 nitrogen and oxygen atoms in total. The molecule has 1 fully saturated rings. The van der Waals surface area contributed by atoms with Gasteiger partial charge in [-0.2, -0.15) is 9.97 Å². The third-order valence-electron chi connectivity index (χ3n) is 5.41. The van der Waals surface area contributed by atoms with Crippen LogP contribution in [0.5, 0.6) is 11.8 Å². The molecule has 0 radical (unpaired) electrons. The van der Waals surface area contributed by atoms with E-state index in [2.05, 4.69) is 20.3 Å². The number of aromatic nitrogens is 2. The number of hydrogen-bond acceptors (Lipinski definition) is 5. The summed E-state index contributed by atoms with van der Waals surface area (Å²) < 4.78 is 20.8. The Bertz CT molecular complexity index is 1140.